The van der Waals surface area contributed by atoms with Crippen molar-refractivity contribution in [3.63, 3.8) is 0 Å². The molecule has 176 valence electrons. The van der Waals surface area contributed by atoms with Gasteiger partial charge in [0.05, 0.1) is 53.2 Å². The van der Waals surface area contributed by atoms with E-state index in [0.717, 1.165) is 6.07 Å². The van der Waals surface area contributed by atoms with Gasteiger partial charge in [-0.2, -0.15) is 23.4 Å². The van der Waals surface area contributed by atoms with E-state index >= 15 is 0 Å². The largest absolute Gasteiger partial charge is 0.418 e. The number of Topliss-reactive ketones (excluding diaryl/α,β-unsaturated/α-hetero) is 1. The first-order valence-corrected chi connectivity index (χ1v) is 10.7. The quantitative estimate of drug-likeness (QED) is 0.434. The summed E-state index contributed by atoms with van der Waals surface area (Å²) >= 11 is 5.70. The predicted molar refractivity (Wildman–Crippen MR) is 118 cm³/mol. The van der Waals surface area contributed by atoms with Crippen molar-refractivity contribution in [2.45, 2.75) is 32.0 Å². The number of halogens is 4. The summed E-state index contributed by atoms with van der Waals surface area (Å²) in [5.74, 6) is -0.403. The highest BCUT2D eigenvalue weighted by Gasteiger charge is 2.51. The number of benzene rings is 1. The minimum absolute atomic E-state index is 0.0188. The highest BCUT2D eigenvalue weighted by atomic mass is 35.5. The lowest BCUT2D eigenvalue weighted by atomic mass is 9.95. The zero-order valence-electron chi connectivity index (χ0n) is 17.7. The highest BCUT2D eigenvalue weighted by Crippen LogP contribution is 2.49. The van der Waals surface area contributed by atoms with E-state index in [1.54, 1.807) is 18.2 Å². The second kappa shape index (κ2) is 9.38. The molecule has 1 amide bonds. The number of carbonyl (C=O) groups is 2. The smallest absolute Gasteiger partial charge is 0.354 e. The van der Waals surface area contributed by atoms with Crippen LogP contribution >= 0.6 is 11.6 Å². The highest BCUT2D eigenvalue weighted by molar-refractivity contribution is 6.30. The molecule has 2 N–H and O–H groups in total. The van der Waals surface area contributed by atoms with Crippen molar-refractivity contribution in [3.05, 3.63) is 76.8 Å². The summed E-state index contributed by atoms with van der Waals surface area (Å²) in [5.41, 5.74) is -0.491. The van der Waals surface area contributed by atoms with Crippen molar-refractivity contribution in [1.29, 1.82) is 0 Å². The topological polar surface area (TPSA) is 96.9 Å². The number of carbonyl (C=O) groups excluding carboxylic acids is 2. The Morgan fingerprint density at radius 1 is 1.06 bits per heavy atom. The average molecular weight is 490 g/mol. The minimum Gasteiger partial charge on any atom is -0.354 e. The lowest BCUT2D eigenvalue weighted by Crippen LogP contribution is -2.33. The third kappa shape index (κ3) is 5.51. The third-order valence-electron chi connectivity index (χ3n) is 5.56. The van der Waals surface area contributed by atoms with Crippen molar-refractivity contribution < 1.29 is 22.8 Å². The molecular formula is C23H19ClF3N5O2. The Kier molecular flexibility index (Phi) is 6.52. The van der Waals surface area contributed by atoms with Crippen LogP contribution < -0.4 is 10.6 Å². The van der Waals surface area contributed by atoms with Gasteiger partial charge in [0.2, 0.25) is 5.91 Å². The number of nitrogens with zero attached hydrogens (tertiary/aromatic N) is 3. The Morgan fingerprint density at radius 2 is 1.85 bits per heavy atom. The van der Waals surface area contributed by atoms with E-state index in [-0.39, 0.29) is 35.4 Å². The molecule has 2 heterocycles. The summed E-state index contributed by atoms with van der Waals surface area (Å²) in [7, 11) is 0. The van der Waals surface area contributed by atoms with Gasteiger partial charge >= 0.3 is 6.18 Å². The van der Waals surface area contributed by atoms with Gasteiger partial charge in [0.1, 0.15) is 0 Å². The fourth-order valence-electron chi connectivity index (χ4n) is 3.48. The number of amides is 1. The average Bonchev–Trinajstić information content (AvgIpc) is 3.60. The van der Waals surface area contributed by atoms with Crippen LogP contribution in [-0.4, -0.2) is 26.9 Å². The first kappa shape index (κ1) is 23.6. The number of anilines is 2. The van der Waals surface area contributed by atoms with E-state index in [0.29, 0.717) is 29.8 Å². The fourth-order valence-corrected chi connectivity index (χ4v) is 3.65. The van der Waals surface area contributed by atoms with Crippen LogP contribution in [0.25, 0.3) is 0 Å². The molecule has 1 aromatic carbocycles. The first-order valence-electron chi connectivity index (χ1n) is 10.3. The minimum atomic E-state index is -4.57. The SMILES string of the molecule is O=C(CC1(C(=O)NCc2ccc(Nc3ccc(Cl)cc3C(F)(F)F)cn2)CC1)c1ccnnc1. The molecule has 0 bridgehead atoms. The van der Waals surface area contributed by atoms with E-state index in [1.165, 1.54) is 30.7 Å². The predicted octanol–water partition coefficient (Wildman–Crippen LogP) is 4.96. The molecule has 7 nitrogen and oxygen atoms in total. The van der Waals surface area contributed by atoms with Gasteiger partial charge < -0.3 is 10.6 Å². The Bertz CT molecular complexity index is 1200. The van der Waals surface area contributed by atoms with E-state index < -0.39 is 17.2 Å². The maximum atomic E-state index is 13.3. The lowest BCUT2D eigenvalue weighted by molar-refractivity contribution is -0.137. The summed E-state index contributed by atoms with van der Waals surface area (Å²) in [6.07, 6.45) is 0.918. The van der Waals surface area contributed by atoms with Crippen molar-refractivity contribution in [2.75, 3.05) is 5.32 Å². The van der Waals surface area contributed by atoms with Gasteiger partial charge in [-0.15, -0.1) is 0 Å². The second-order valence-electron chi connectivity index (χ2n) is 8.04. The molecular weight excluding hydrogens is 471 g/mol. The molecule has 0 unspecified atom stereocenters. The van der Waals surface area contributed by atoms with E-state index in [1.807, 2.05) is 0 Å². The number of alkyl halides is 3. The number of nitrogens with one attached hydrogen (secondary N) is 2. The van der Waals surface area contributed by atoms with Crippen LogP contribution in [-0.2, 0) is 17.5 Å². The van der Waals surface area contributed by atoms with Crippen LogP contribution in [0.1, 0.15) is 40.9 Å². The van der Waals surface area contributed by atoms with E-state index in [4.69, 9.17) is 11.6 Å². The first-order chi connectivity index (χ1) is 16.2. The molecule has 1 aliphatic carbocycles. The monoisotopic (exact) mass is 489 g/mol. The van der Waals surface area contributed by atoms with Gasteiger partial charge in [-0.3, -0.25) is 14.6 Å². The molecule has 1 aliphatic rings. The van der Waals surface area contributed by atoms with E-state index in [9.17, 15) is 22.8 Å². The molecule has 0 radical (unpaired) electrons. The summed E-state index contributed by atoms with van der Waals surface area (Å²) in [4.78, 5) is 29.3. The van der Waals surface area contributed by atoms with Crippen LogP contribution in [0.4, 0.5) is 24.5 Å². The fraction of sp³-hybridized carbons (Fsp3) is 0.261. The van der Waals surface area contributed by atoms with Crippen LogP contribution in [0.15, 0.2) is 55.0 Å². The zero-order chi connectivity index (χ0) is 24.3. The number of ketones is 1. The number of hydrogen-bond donors (Lipinski definition) is 2. The molecule has 11 heteroatoms. The molecule has 2 aromatic heterocycles. The van der Waals surface area contributed by atoms with Gasteiger partial charge in [-0.05, 0) is 49.2 Å². The number of aromatic nitrogens is 3. The van der Waals surface area contributed by atoms with Crippen molar-refractivity contribution >= 4 is 34.7 Å². The Morgan fingerprint density at radius 3 is 2.47 bits per heavy atom. The van der Waals surface area contributed by atoms with Crippen LogP contribution in [0, 0.1) is 5.41 Å². The van der Waals surface area contributed by atoms with E-state index in [2.05, 4.69) is 25.8 Å². The van der Waals surface area contributed by atoms with Crippen molar-refractivity contribution in [2.24, 2.45) is 5.41 Å². The second-order valence-corrected chi connectivity index (χ2v) is 8.48. The molecule has 1 fully saturated rings. The summed E-state index contributed by atoms with van der Waals surface area (Å²) in [6.45, 7) is 0.126. The molecule has 3 aromatic rings. The summed E-state index contributed by atoms with van der Waals surface area (Å²) in [6, 6.07) is 8.18. The Labute approximate surface area is 197 Å². The lowest BCUT2D eigenvalue weighted by Gasteiger charge is -2.16. The maximum Gasteiger partial charge on any atom is 0.418 e. The van der Waals surface area contributed by atoms with Gasteiger partial charge in [-0.1, -0.05) is 11.6 Å². The van der Waals surface area contributed by atoms with Crippen molar-refractivity contribution in [1.82, 2.24) is 20.5 Å². The molecule has 0 atom stereocenters. The zero-order valence-corrected chi connectivity index (χ0v) is 18.5. The number of pyridine rings is 1. The molecule has 1 saturated carbocycles. The van der Waals surface area contributed by atoms with Gasteiger partial charge in [-0.25, -0.2) is 0 Å². The van der Waals surface area contributed by atoms with Crippen LogP contribution in [0.5, 0.6) is 0 Å². The Balaban J connectivity index is 1.35. The van der Waals surface area contributed by atoms with Crippen LogP contribution in [0.3, 0.4) is 0 Å². The summed E-state index contributed by atoms with van der Waals surface area (Å²) in [5, 5.41) is 12.8. The van der Waals surface area contributed by atoms with Gasteiger partial charge in [0.15, 0.2) is 5.78 Å². The number of hydrogen-bond acceptors (Lipinski definition) is 6. The Hall–Kier alpha value is -3.53. The van der Waals surface area contributed by atoms with Crippen LogP contribution in [0.2, 0.25) is 5.02 Å². The molecule has 0 saturated heterocycles. The standard InChI is InChI=1S/C23H19ClF3N5O2/c24-15-1-4-19(18(9-15)23(25,26)27)32-17-3-2-16(28-13-17)12-29-21(34)22(6-7-22)10-20(33)14-5-8-30-31-11-14/h1-5,8-9,11,13,32H,6-7,10,12H2,(H,29,34). The summed E-state index contributed by atoms with van der Waals surface area (Å²) < 4.78 is 39.8. The number of rotatable bonds is 8. The molecule has 4 rings (SSSR count). The normalized spacial score (nSPS) is 14.4. The third-order valence-corrected chi connectivity index (χ3v) is 5.80. The molecule has 34 heavy (non-hydrogen) atoms. The van der Waals surface area contributed by atoms with Crippen molar-refractivity contribution in [3.8, 4) is 0 Å². The maximum absolute atomic E-state index is 13.3. The molecule has 0 aliphatic heterocycles. The van der Waals surface area contributed by atoms with Gasteiger partial charge in [0.25, 0.3) is 0 Å². The van der Waals surface area contributed by atoms with Gasteiger partial charge in [0, 0.05) is 17.0 Å². The molecule has 0 spiro atoms.